The van der Waals surface area contributed by atoms with Gasteiger partial charge >= 0.3 is 0 Å². The highest BCUT2D eigenvalue weighted by atomic mass is 16.6. The molecule has 1 aliphatic heterocycles. The zero-order chi connectivity index (χ0) is 18.0. The van der Waals surface area contributed by atoms with Crippen molar-refractivity contribution in [2.75, 3.05) is 28.4 Å². The summed E-state index contributed by atoms with van der Waals surface area (Å²) in [5, 5.41) is 10.7. The van der Waals surface area contributed by atoms with Crippen LogP contribution in [0.5, 0.6) is 23.0 Å². The van der Waals surface area contributed by atoms with E-state index in [1.54, 1.807) is 52.7 Å². The summed E-state index contributed by atoms with van der Waals surface area (Å²) in [6.45, 7) is 0. The average Bonchev–Trinajstić information content (AvgIpc) is 2.66. The van der Waals surface area contributed by atoms with Gasteiger partial charge in [0.1, 0.15) is 23.7 Å². The van der Waals surface area contributed by atoms with Gasteiger partial charge in [0.05, 0.1) is 21.3 Å². The Bertz CT molecular complexity index is 745. The highest BCUT2D eigenvalue weighted by Crippen LogP contribution is 2.44. The first-order chi connectivity index (χ1) is 12.1. The molecule has 0 amide bonds. The van der Waals surface area contributed by atoms with E-state index in [9.17, 15) is 5.11 Å². The lowest BCUT2D eigenvalue weighted by Crippen LogP contribution is -2.36. The van der Waals surface area contributed by atoms with Gasteiger partial charge in [-0.05, 0) is 29.8 Å². The summed E-state index contributed by atoms with van der Waals surface area (Å²) in [4.78, 5) is 0. The molecule has 0 saturated heterocycles. The summed E-state index contributed by atoms with van der Waals surface area (Å²) < 4.78 is 27.6. The molecule has 0 aromatic heterocycles. The van der Waals surface area contributed by atoms with Gasteiger partial charge in [0, 0.05) is 18.7 Å². The Balaban J connectivity index is 2.03. The van der Waals surface area contributed by atoms with Crippen LogP contribution in [0.4, 0.5) is 0 Å². The van der Waals surface area contributed by atoms with Crippen molar-refractivity contribution in [3.05, 3.63) is 47.5 Å². The van der Waals surface area contributed by atoms with Crippen LogP contribution in [0.3, 0.4) is 0 Å². The summed E-state index contributed by atoms with van der Waals surface area (Å²) in [5.41, 5.74) is 1.49. The molecule has 2 aromatic carbocycles. The Morgan fingerprint density at radius 2 is 1.64 bits per heavy atom. The van der Waals surface area contributed by atoms with Crippen molar-refractivity contribution in [2.45, 2.75) is 18.3 Å². The van der Waals surface area contributed by atoms with Crippen LogP contribution in [0, 0.1) is 0 Å². The smallest absolute Gasteiger partial charge is 0.161 e. The van der Waals surface area contributed by atoms with Crippen molar-refractivity contribution >= 4 is 0 Å². The molecule has 1 N–H and O–H groups in total. The molecule has 3 rings (SSSR count). The monoisotopic (exact) mass is 346 g/mol. The van der Waals surface area contributed by atoms with E-state index in [4.69, 9.17) is 23.7 Å². The standard InChI is InChI=1S/C19H22O6/c1-21-12-6-7-13-15(10-12)25-18(19(24-4)17(13)20)11-5-8-14(22-2)16(9-11)23-3/h5-10,17-20H,1-4H3. The van der Waals surface area contributed by atoms with Crippen LogP contribution < -0.4 is 18.9 Å². The average molecular weight is 346 g/mol. The third-order valence-corrected chi connectivity index (χ3v) is 4.41. The topological polar surface area (TPSA) is 66.4 Å². The third kappa shape index (κ3) is 3.10. The van der Waals surface area contributed by atoms with Crippen LogP contribution in [-0.4, -0.2) is 39.6 Å². The van der Waals surface area contributed by atoms with Crippen molar-refractivity contribution in [2.24, 2.45) is 0 Å². The van der Waals surface area contributed by atoms with Gasteiger partial charge < -0.3 is 28.8 Å². The summed E-state index contributed by atoms with van der Waals surface area (Å²) >= 11 is 0. The molecule has 0 aliphatic carbocycles. The molecule has 0 bridgehead atoms. The van der Waals surface area contributed by atoms with Gasteiger partial charge in [0.15, 0.2) is 17.6 Å². The van der Waals surface area contributed by atoms with E-state index in [0.29, 0.717) is 28.6 Å². The molecule has 6 heteroatoms. The minimum absolute atomic E-state index is 0.501. The first-order valence-electron chi connectivity index (χ1n) is 7.90. The lowest BCUT2D eigenvalue weighted by Gasteiger charge is -2.36. The third-order valence-electron chi connectivity index (χ3n) is 4.41. The molecule has 0 spiro atoms. The summed E-state index contributed by atoms with van der Waals surface area (Å²) in [6.07, 6.45) is -1.88. The lowest BCUT2D eigenvalue weighted by atomic mass is 9.91. The number of aliphatic hydroxyl groups excluding tert-OH is 1. The highest BCUT2D eigenvalue weighted by molar-refractivity contribution is 5.47. The number of aliphatic hydroxyl groups is 1. The molecule has 1 aliphatic rings. The van der Waals surface area contributed by atoms with Gasteiger partial charge in [0.25, 0.3) is 0 Å². The van der Waals surface area contributed by atoms with E-state index < -0.39 is 18.3 Å². The molecular weight excluding hydrogens is 324 g/mol. The summed E-state index contributed by atoms with van der Waals surface area (Å²) in [5.74, 6) is 2.44. The van der Waals surface area contributed by atoms with E-state index in [0.717, 1.165) is 5.56 Å². The fraction of sp³-hybridized carbons (Fsp3) is 0.368. The Labute approximate surface area is 146 Å². The number of methoxy groups -OCH3 is 4. The predicted octanol–water partition coefficient (Wildman–Crippen LogP) is 2.89. The van der Waals surface area contributed by atoms with Gasteiger partial charge in [-0.15, -0.1) is 0 Å². The van der Waals surface area contributed by atoms with Crippen LogP contribution in [0.1, 0.15) is 23.3 Å². The summed E-state index contributed by atoms with van der Waals surface area (Å²) in [7, 11) is 6.30. The van der Waals surface area contributed by atoms with Gasteiger partial charge in [-0.1, -0.05) is 6.07 Å². The van der Waals surface area contributed by atoms with Crippen molar-refractivity contribution < 1.29 is 28.8 Å². The fourth-order valence-electron chi connectivity index (χ4n) is 3.07. The number of hydrogen-bond acceptors (Lipinski definition) is 6. The van der Waals surface area contributed by atoms with E-state index in [2.05, 4.69) is 0 Å². The second-order valence-corrected chi connectivity index (χ2v) is 5.70. The van der Waals surface area contributed by atoms with E-state index in [1.165, 1.54) is 0 Å². The molecule has 0 fully saturated rings. The largest absolute Gasteiger partial charge is 0.497 e. The Morgan fingerprint density at radius 3 is 2.28 bits per heavy atom. The number of rotatable bonds is 5. The van der Waals surface area contributed by atoms with E-state index in [-0.39, 0.29) is 0 Å². The maximum absolute atomic E-state index is 10.7. The van der Waals surface area contributed by atoms with Crippen LogP contribution in [0.2, 0.25) is 0 Å². The molecule has 0 radical (unpaired) electrons. The maximum atomic E-state index is 10.7. The van der Waals surface area contributed by atoms with Gasteiger partial charge in [-0.2, -0.15) is 0 Å². The second kappa shape index (κ2) is 7.21. The second-order valence-electron chi connectivity index (χ2n) is 5.70. The molecular formula is C19H22O6. The lowest BCUT2D eigenvalue weighted by molar-refractivity contribution is -0.0916. The molecule has 2 aromatic rings. The SMILES string of the molecule is COc1ccc2c(c1)OC(c1ccc(OC)c(OC)c1)C(OC)C2O. The van der Waals surface area contributed by atoms with Crippen LogP contribution in [0.15, 0.2) is 36.4 Å². The Morgan fingerprint density at radius 1 is 0.880 bits per heavy atom. The van der Waals surface area contributed by atoms with Crippen molar-refractivity contribution in [3.8, 4) is 23.0 Å². The number of fused-ring (bicyclic) bond motifs is 1. The number of hydrogen-bond donors (Lipinski definition) is 1. The molecule has 1 heterocycles. The quantitative estimate of drug-likeness (QED) is 0.898. The van der Waals surface area contributed by atoms with Crippen LogP contribution >= 0.6 is 0 Å². The minimum atomic E-state index is -0.822. The van der Waals surface area contributed by atoms with Gasteiger partial charge in [0.2, 0.25) is 0 Å². The molecule has 134 valence electrons. The van der Waals surface area contributed by atoms with Crippen LogP contribution in [-0.2, 0) is 4.74 Å². The molecule has 3 atom stereocenters. The molecule has 25 heavy (non-hydrogen) atoms. The summed E-state index contributed by atoms with van der Waals surface area (Å²) in [6, 6.07) is 10.8. The Kier molecular flexibility index (Phi) is 5.01. The first-order valence-corrected chi connectivity index (χ1v) is 7.90. The van der Waals surface area contributed by atoms with E-state index >= 15 is 0 Å². The molecule has 3 unspecified atom stereocenters. The first kappa shape index (κ1) is 17.4. The predicted molar refractivity (Wildman–Crippen MR) is 91.7 cm³/mol. The molecule has 0 saturated carbocycles. The number of ether oxygens (including phenoxy) is 5. The van der Waals surface area contributed by atoms with Crippen molar-refractivity contribution in [3.63, 3.8) is 0 Å². The normalized spacial score (nSPS) is 21.9. The zero-order valence-electron chi connectivity index (χ0n) is 14.7. The van der Waals surface area contributed by atoms with Gasteiger partial charge in [-0.3, -0.25) is 0 Å². The maximum Gasteiger partial charge on any atom is 0.161 e. The van der Waals surface area contributed by atoms with E-state index in [1.807, 2.05) is 12.1 Å². The molecule has 6 nitrogen and oxygen atoms in total. The van der Waals surface area contributed by atoms with Gasteiger partial charge in [-0.25, -0.2) is 0 Å². The Hall–Kier alpha value is -2.44. The zero-order valence-corrected chi connectivity index (χ0v) is 14.7. The fourth-order valence-corrected chi connectivity index (χ4v) is 3.07. The number of benzene rings is 2. The minimum Gasteiger partial charge on any atom is -0.497 e. The van der Waals surface area contributed by atoms with Crippen LogP contribution in [0.25, 0.3) is 0 Å². The van der Waals surface area contributed by atoms with Crippen molar-refractivity contribution in [1.82, 2.24) is 0 Å². The van der Waals surface area contributed by atoms with Crippen molar-refractivity contribution in [1.29, 1.82) is 0 Å². The highest BCUT2D eigenvalue weighted by Gasteiger charge is 2.39.